The number of nitrogens with one attached hydrogen (secondary N) is 1. The molecule has 0 saturated carbocycles. The van der Waals surface area contributed by atoms with Gasteiger partial charge in [-0.2, -0.15) is 0 Å². The highest BCUT2D eigenvalue weighted by Gasteiger charge is 2.27. The van der Waals surface area contributed by atoms with E-state index in [9.17, 15) is 0 Å². The van der Waals surface area contributed by atoms with Gasteiger partial charge in [0.05, 0.1) is 29.1 Å². The molecule has 0 radical (unpaired) electrons. The third kappa shape index (κ3) is 3.49. The number of hydrogen-bond donors (Lipinski definition) is 4. The van der Waals surface area contributed by atoms with E-state index < -0.39 is 5.54 Å². The normalized spacial score (nSPS) is 12.1. The summed E-state index contributed by atoms with van der Waals surface area (Å²) in [4.78, 5) is 1.04. The standard InChI is InChI=1S/C9H13Br2NO3S/c10-7-1-6(16-8(7)11)2-12-9(3-13,4-14)5-15/h1,12-15H,2-5H2. The number of rotatable bonds is 6. The predicted octanol–water partition coefficient (Wildman–Crippen LogP) is 1.08. The van der Waals surface area contributed by atoms with Crippen molar-refractivity contribution in [3.63, 3.8) is 0 Å². The maximum Gasteiger partial charge on any atom is 0.0884 e. The Kier molecular flexibility index (Phi) is 5.86. The van der Waals surface area contributed by atoms with E-state index in [1.807, 2.05) is 6.07 Å². The third-order valence-corrected chi connectivity index (χ3v) is 5.50. The van der Waals surface area contributed by atoms with Crippen molar-refractivity contribution < 1.29 is 15.3 Å². The van der Waals surface area contributed by atoms with Gasteiger partial charge in [-0.1, -0.05) is 0 Å². The molecule has 1 aromatic rings. The Labute approximate surface area is 115 Å². The zero-order valence-corrected chi connectivity index (χ0v) is 12.4. The van der Waals surface area contributed by atoms with E-state index >= 15 is 0 Å². The second-order valence-electron chi connectivity index (χ2n) is 3.44. The summed E-state index contributed by atoms with van der Waals surface area (Å²) in [5.41, 5.74) is -1.02. The van der Waals surface area contributed by atoms with Crippen molar-refractivity contribution in [2.45, 2.75) is 12.1 Å². The summed E-state index contributed by atoms with van der Waals surface area (Å²) in [7, 11) is 0. The van der Waals surface area contributed by atoms with E-state index in [1.165, 1.54) is 0 Å². The van der Waals surface area contributed by atoms with Crippen molar-refractivity contribution in [3.05, 3.63) is 19.2 Å². The summed E-state index contributed by atoms with van der Waals surface area (Å²) in [5, 5.41) is 30.3. The number of aliphatic hydroxyl groups is 3. The van der Waals surface area contributed by atoms with Crippen LogP contribution in [0.3, 0.4) is 0 Å². The lowest BCUT2D eigenvalue weighted by Crippen LogP contribution is -2.54. The molecule has 1 rings (SSSR count). The molecule has 0 atom stereocenters. The number of hydrogen-bond acceptors (Lipinski definition) is 5. The quantitative estimate of drug-likeness (QED) is 0.601. The molecule has 0 aliphatic rings. The minimum absolute atomic E-state index is 0.312. The monoisotopic (exact) mass is 373 g/mol. The molecular formula is C9H13Br2NO3S. The molecule has 0 spiro atoms. The van der Waals surface area contributed by atoms with Gasteiger partial charge in [-0.25, -0.2) is 0 Å². The van der Waals surface area contributed by atoms with Gasteiger partial charge in [-0.15, -0.1) is 11.3 Å². The molecule has 1 aromatic heterocycles. The van der Waals surface area contributed by atoms with E-state index in [-0.39, 0.29) is 19.8 Å². The zero-order chi connectivity index (χ0) is 12.2. The second-order valence-corrected chi connectivity index (χ2v) is 6.75. The molecule has 16 heavy (non-hydrogen) atoms. The lowest BCUT2D eigenvalue weighted by Gasteiger charge is -2.28. The predicted molar refractivity (Wildman–Crippen MR) is 70.5 cm³/mol. The average Bonchev–Trinajstić information content (AvgIpc) is 2.61. The second kappa shape index (κ2) is 6.44. The van der Waals surface area contributed by atoms with Crippen molar-refractivity contribution in [1.82, 2.24) is 5.32 Å². The fourth-order valence-electron chi connectivity index (χ4n) is 1.07. The van der Waals surface area contributed by atoms with Crippen LogP contribution >= 0.6 is 43.2 Å². The smallest absolute Gasteiger partial charge is 0.0884 e. The van der Waals surface area contributed by atoms with Crippen LogP contribution < -0.4 is 5.32 Å². The van der Waals surface area contributed by atoms with E-state index in [1.54, 1.807) is 11.3 Å². The van der Waals surface area contributed by atoms with Crippen LogP contribution in [0.5, 0.6) is 0 Å². The molecular weight excluding hydrogens is 362 g/mol. The van der Waals surface area contributed by atoms with Crippen LogP contribution in [0, 0.1) is 0 Å². The molecule has 7 heteroatoms. The first-order valence-corrected chi connectivity index (χ1v) is 6.98. The molecule has 0 bridgehead atoms. The maximum atomic E-state index is 9.12. The van der Waals surface area contributed by atoms with Gasteiger partial charge < -0.3 is 20.6 Å². The van der Waals surface area contributed by atoms with E-state index in [4.69, 9.17) is 15.3 Å². The summed E-state index contributed by atoms with van der Waals surface area (Å²) >= 11 is 8.31. The summed E-state index contributed by atoms with van der Waals surface area (Å²) in [5.74, 6) is 0. The molecule has 1 heterocycles. The fourth-order valence-corrected chi connectivity index (χ4v) is 3.19. The topological polar surface area (TPSA) is 72.7 Å². The SMILES string of the molecule is OCC(CO)(CO)NCc1cc(Br)c(Br)s1. The van der Waals surface area contributed by atoms with Crippen molar-refractivity contribution in [2.75, 3.05) is 19.8 Å². The Balaban J connectivity index is 2.62. The van der Waals surface area contributed by atoms with E-state index in [2.05, 4.69) is 37.2 Å². The zero-order valence-electron chi connectivity index (χ0n) is 8.41. The van der Waals surface area contributed by atoms with Crippen LogP contribution in [0.4, 0.5) is 0 Å². The highest BCUT2D eigenvalue weighted by Crippen LogP contribution is 2.32. The molecule has 0 aliphatic carbocycles. The molecule has 0 saturated heterocycles. The maximum absolute atomic E-state index is 9.12. The van der Waals surface area contributed by atoms with Gasteiger partial charge in [-0.3, -0.25) is 0 Å². The summed E-state index contributed by atoms with van der Waals surface area (Å²) in [6.45, 7) is -0.453. The minimum atomic E-state index is -1.02. The first-order chi connectivity index (χ1) is 7.56. The van der Waals surface area contributed by atoms with Gasteiger partial charge in [-0.05, 0) is 37.9 Å². The molecule has 0 fully saturated rings. The highest BCUT2D eigenvalue weighted by atomic mass is 79.9. The fraction of sp³-hybridized carbons (Fsp3) is 0.556. The summed E-state index contributed by atoms with van der Waals surface area (Å²) in [6, 6.07) is 1.94. The van der Waals surface area contributed by atoms with Gasteiger partial charge in [0.25, 0.3) is 0 Å². The van der Waals surface area contributed by atoms with Gasteiger partial charge in [0.2, 0.25) is 0 Å². The largest absolute Gasteiger partial charge is 0.394 e. The Bertz CT molecular complexity index is 314. The molecule has 0 aliphatic heterocycles. The Morgan fingerprint density at radius 1 is 1.19 bits per heavy atom. The highest BCUT2D eigenvalue weighted by molar-refractivity contribution is 9.13. The first kappa shape index (κ1) is 14.6. The lowest BCUT2D eigenvalue weighted by atomic mass is 10.0. The van der Waals surface area contributed by atoms with E-state index in [0.29, 0.717) is 6.54 Å². The van der Waals surface area contributed by atoms with Gasteiger partial charge in [0, 0.05) is 15.9 Å². The van der Waals surface area contributed by atoms with E-state index in [0.717, 1.165) is 13.1 Å². The van der Waals surface area contributed by atoms with Crippen LogP contribution in [-0.4, -0.2) is 40.7 Å². The van der Waals surface area contributed by atoms with Crippen molar-refractivity contribution in [3.8, 4) is 0 Å². The molecule has 92 valence electrons. The number of halogens is 2. The van der Waals surface area contributed by atoms with Crippen LogP contribution in [0.25, 0.3) is 0 Å². The summed E-state index contributed by atoms with van der Waals surface area (Å²) < 4.78 is 1.96. The van der Waals surface area contributed by atoms with Crippen molar-refractivity contribution >= 4 is 43.2 Å². The third-order valence-electron chi connectivity index (χ3n) is 2.24. The van der Waals surface area contributed by atoms with Crippen molar-refractivity contribution in [1.29, 1.82) is 0 Å². The van der Waals surface area contributed by atoms with Crippen LogP contribution in [0.1, 0.15) is 4.88 Å². The van der Waals surface area contributed by atoms with Crippen LogP contribution in [-0.2, 0) is 6.54 Å². The Morgan fingerprint density at radius 3 is 2.12 bits per heavy atom. The van der Waals surface area contributed by atoms with Gasteiger partial charge in [0.1, 0.15) is 0 Å². The van der Waals surface area contributed by atoms with Crippen molar-refractivity contribution in [2.24, 2.45) is 0 Å². The molecule has 4 N–H and O–H groups in total. The van der Waals surface area contributed by atoms with Crippen LogP contribution in [0.15, 0.2) is 14.3 Å². The number of aliphatic hydroxyl groups excluding tert-OH is 3. The molecule has 4 nitrogen and oxygen atoms in total. The summed E-state index contributed by atoms with van der Waals surface area (Å²) in [6.07, 6.45) is 0. The molecule has 0 amide bonds. The minimum Gasteiger partial charge on any atom is -0.394 e. The molecule has 0 unspecified atom stereocenters. The average molecular weight is 375 g/mol. The van der Waals surface area contributed by atoms with Crippen LogP contribution in [0.2, 0.25) is 0 Å². The first-order valence-electron chi connectivity index (χ1n) is 4.58. The molecule has 0 aromatic carbocycles. The van der Waals surface area contributed by atoms with Gasteiger partial charge >= 0.3 is 0 Å². The van der Waals surface area contributed by atoms with Gasteiger partial charge in [0.15, 0.2) is 0 Å². The Morgan fingerprint density at radius 2 is 1.75 bits per heavy atom. The number of thiophene rings is 1. The lowest BCUT2D eigenvalue weighted by molar-refractivity contribution is 0.0415. The Hall–Kier alpha value is 0.500.